The lowest BCUT2D eigenvalue weighted by Crippen LogP contribution is -2.49. The summed E-state index contributed by atoms with van der Waals surface area (Å²) < 4.78 is 0. The van der Waals surface area contributed by atoms with Gasteiger partial charge in [-0.25, -0.2) is 9.97 Å². The van der Waals surface area contributed by atoms with Crippen LogP contribution in [0, 0.1) is 5.92 Å². The normalized spacial score (nSPS) is 22.8. The van der Waals surface area contributed by atoms with Crippen LogP contribution in [0.25, 0.3) is 10.2 Å². The van der Waals surface area contributed by atoms with Gasteiger partial charge in [-0.3, -0.25) is 4.79 Å². The van der Waals surface area contributed by atoms with E-state index in [4.69, 9.17) is 5.73 Å². The predicted octanol–water partition coefficient (Wildman–Crippen LogP) is 2.70. The molecule has 0 spiro atoms. The van der Waals surface area contributed by atoms with Crippen molar-refractivity contribution in [3.05, 3.63) is 17.8 Å². The molecule has 2 aliphatic rings. The molecule has 26 heavy (non-hydrogen) atoms. The number of hydrogen-bond donors (Lipinski definition) is 1. The van der Waals surface area contributed by atoms with Crippen molar-refractivity contribution in [1.29, 1.82) is 0 Å². The molecule has 3 heterocycles. The number of nitrogens with two attached hydrogens (primary N) is 1. The van der Waals surface area contributed by atoms with Crippen LogP contribution in [0.5, 0.6) is 0 Å². The standard InChI is InChI=1S/C17H23N5OS.2ClH/c18-14-3-1-2-12(14)10-15(23)21-5-7-22(8-6-21)16-13-4-9-24-17(13)20-11-19-16;;/h4,9,11-12,14H,1-3,5-8,10,18H2;2*1H/t12-,14+;;/m0../s1. The summed E-state index contributed by atoms with van der Waals surface area (Å²) in [5.41, 5.74) is 6.11. The van der Waals surface area contributed by atoms with E-state index in [1.54, 1.807) is 17.7 Å². The van der Waals surface area contributed by atoms with Crippen LogP contribution in [-0.4, -0.2) is 53.0 Å². The zero-order valence-corrected chi connectivity index (χ0v) is 17.0. The lowest BCUT2D eigenvalue weighted by atomic mass is 9.99. The highest BCUT2D eigenvalue weighted by atomic mass is 35.5. The Morgan fingerprint density at radius 1 is 1.19 bits per heavy atom. The summed E-state index contributed by atoms with van der Waals surface area (Å²) in [5.74, 6) is 1.63. The Bertz CT molecular complexity index is 735. The molecule has 144 valence electrons. The van der Waals surface area contributed by atoms with E-state index in [0.717, 1.165) is 61.5 Å². The summed E-state index contributed by atoms with van der Waals surface area (Å²) in [5, 5.41) is 3.16. The molecule has 9 heteroatoms. The highest BCUT2D eigenvalue weighted by Gasteiger charge is 2.29. The summed E-state index contributed by atoms with van der Waals surface area (Å²) in [6.45, 7) is 3.17. The Morgan fingerprint density at radius 3 is 2.65 bits per heavy atom. The molecule has 1 amide bonds. The minimum absolute atomic E-state index is 0. The van der Waals surface area contributed by atoms with Gasteiger partial charge in [-0.2, -0.15) is 0 Å². The van der Waals surface area contributed by atoms with Crippen LogP contribution in [0.1, 0.15) is 25.7 Å². The summed E-state index contributed by atoms with van der Waals surface area (Å²) in [4.78, 5) is 26.6. The van der Waals surface area contributed by atoms with Gasteiger partial charge in [0.15, 0.2) is 0 Å². The van der Waals surface area contributed by atoms with Gasteiger partial charge >= 0.3 is 0 Å². The maximum atomic E-state index is 12.5. The molecule has 0 aromatic carbocycles. The van der Waals surface area contributed by atoms with Crippen molar-refractivity contribution < 1.29 is 4.79 Å². The molecular formula is C17H25Cl2N5OS. The lowest BCUT2D eigenvalue weighted by molar-refractivity contribution is -0.132. The Balaban J connectivity index is 0.00000121. The Hall–Kier alpha value is -1.15. The molecule has 1 saturated heterocycles. The van der Waals surface area contributed by atoms with Crippen molar-refractivity contribution in [3.63, 3.8) is 0 Å². The molecular weight excluding hydrogens is 393 g/mol. The summed E-state index contributed by atoms with van der Waals surface area (Å²) in [6, 6.07) is 2.29. The first-order valence-corrected chi connectivity index (χ1v) is 9.57. The molecule has 1 aliphatic heterocycles. The second-order valence-electron chi connectivity index (χ2n) is 6.76. The van der Waals surface area contributed by atoms with Crippen LogP contribution < -0.4 is 10.6 Å². The minimum Gasteiger partial charge on any atom is -0.352 e. The fourth-order valence-corrected chi connectivity index (χ4v) is 4.60. The van der Waals surface area contributed by atoms with Crippen LogP contribution in [0.3, 0.4) is 0 Å². The minimum atomic E-state index is 0. The smallest absolute Gasteiger partial charge is 0.223 e. The first-order chi connectivity index (χ1) is 11.7. The number of piperazine rings is 1. The molecule has 2 atom stereocenters. The topological polar surface area (TPSA) is 75.4 Å². The third-order valence-electron chi connectivity index (χ3n) is 5.33. The predicted molar refractivity (Wildman–Crippen MR) is 111 cm³/mol. The van der Waals surface area contributed by atoms with Crippen molar-refractivity contribution in [3.8, 4) is 0 Å². The third kappa shape index (κ3) is 4.22. The Kier molecular flexibility index (Phi) is 7.46. The summed E-state index contributed by atoms with van der Waals surface area (Å²) in [7, 11) is 0. The molecule has 2 aromatic heterocycles. The summed E-state index contributed by atoms with van der Waals surface area (Å²) in [6.07, 6.45) is 5.58. The van der Waals surface area contributed by atoms with Gasteiger partial charge in [-0.05, 0) is 30.2 Å². The van der Waals surface area contributed by atoms with Crippen LogP contribution >= 0.6 is 36.2 Å². The number of carbonyl (C=O) groups is 1. The van der Waals surface area contributed by atoms with Crippen molar-refractivity contribution >= 4 is 58.1 Å². The van der Waals surface area contributed by atoms with Gasteiger partial charge in [-0.15, -0.1) is 36.2 Å². The molecule has 1 aliphatic carbocycles. The fourth-order valence-electron chi connectivity index (χ4n) is 3.87. The van der Waals surface area contributed by atoms with Gasteiger partial charge in [0.05, 0.1) is 5.39 Å². The molecule has 2 fully saturated rings. The van der Waals surface area contributed by atoms with Crippen LogP contribution in [0.2, 0.25) is 0 Å². The van der Waals surface area contributed by atoms with Crippen molar-refractivity contribution in [2.24, 2.45) is 11.7 Å². The average molecular weight is 418 g/mol. The average Bonchev–Trinajstić information content (AvgIpc) is 3.24. The van der Waals surface area contributed by atoms with Crippen LogP contribution in [-0.2, 0) is 4.79 Å². The van der Waals surface area contributed by atoms with Crippen molar-refractivity contribution in [2.75, 3.05) is 31.1 Å². The van der Waals surface area contributed by atoms with E-state index in [2.05, 4.69) is 20.9 Å². The van der Waals surface area contributed by atoms with E-state index < -0.39 is 0 Å². The SMILES string of the molecule is Cl.Cl.N[C@@H]1CCC[C@H]1CC(=O)N1CCN(c2ncnc3sccc23)CC1. The van der Waals surface area contributed by atoms with E-state index in [-0.39, 0.29) is 36.8 Å². The zero-order valence-electron chi connectivity index (χ0n) is 14.5. The monoisotopic (exact) mass is 417 g/mol. The molecule has 2 N–H and O–H groups in total. The van der Waals surface area contributed by atoms with Gasteiger partial charge in [-0.1, -0.05) is 6.42 Å². The fraction of sp³-hybridized carbons (Fsp3) is 0.588. The number of fused-ring (bicyclic) bond motifs is 1. The maximum absolute atomic E-state index is 12.5. The van der Waals surface area contributed by atoms with Crippen LogP contribution in [0.4, 0.5) is 5.82 Å². The van der Waals surface area contributed by atoms with Crippen LogP contribution in [0.15, 0.2) is 17.8 Å². The molecule has 0 bridgehead atoms. The molecule has 6 nitrogen and oxygen atoms in total. The van der Waals surface area contributed by atoms with Gasteiger partial charge < -0.3 is 15.5 Å². The number of aromatic nitrogens is 2. The number of amides is 1. The summed E-state index contributed by atoms with van der Waals surface area (Å²) >= 11 is 1.63. The van der Waals surface area contributed by atoms with Crippen molar-refractivity contribution in [1.82, 2.24) is 14.9 Å². The number of halogens is 2. The van der Waals surface area contributed by atoms with Gasteiger partial charge in [0, 0.05) is 38.6 Å². The van der Waals surface area contributed by atoms with E-state index in [1.807, 2.05) is 10.3 Å². The van der Waals surface area contributed by atoms with Gasteiger partial charge in [0.25, 0.3) is 0 Å². The second kappa shape index (κ2) is 9.17. The van der Waals surface area contributed by atoms with Gasteiger partial charge in [0.1, 0.15) is 17.0 Å². The van der Waals surface area contributed by atoms with E-state index in [0.29, 0.717) is 12.3 Å². The quantitative estimate of drug-likeness (QED) is 0.830. The third-order valence-corrected chi connectivity index (χ3v) is 6.15. The molecule has 4 rings (SSSR count). The second-order valence-corrected chi connectivity index (χ2v) is 7.66. The Labute approximate surface area is 170 Å². The number of anilines is 1. The largest absolute Gasteiger partial charge is 0.352 e. The first-order valence-electron chi connectivity index (χ1n) is 8.69. The molecule has 2 aromatic rings. The first kappa shape index (κ1) is 21.2. The zero-order chi connectivity index (χ0) is 16.5. The Morgan fingerprint density at radius 2 is 1.96 bits per heavy atom. The van der Waals surface area contributed by atoms with E-state index in [9.17, 15) is 4.79 Å². The van der Waals surface area contributed by atoms with E-state index >= 15 is 0 Å². The number of hydrogen-bond acceptors (Lipinski definition) is 6. The van der Waals surface area contributed by atoms with Crippen molar-refractivity contribution in [2.45, 2.75) is 31.7 Å². The van der Waals surface area contributed by atoms with Gasteiger partial charge in [0.2, 0.25) is 5.91 Å². The molecule has 0 unspecified atom stereocenters. The molecule has 0 radical (unpaired) electrons. The maximum Gasteiger partial charge on any atom is 0.223 e. The molecule has 1 saturated carbocycles. The number of nitrogens with zero attached hydrogens (tertiary/aromatic N) is 4. The number of carbonyl (C=O) groups excluding carboxylic acids is 1. The number of rotatable bonds is 3. The number of thiophene rings is 1. The van der Waals surface area contributed by atoms with E-state index in [1.165, 1.54) is 0 Å². The lowest BCUT2D eigenvalue weighted by Gasteiger charge is -2.36. The highest BCUT2D eigenvalue weighted by Crippen LogP contribution is 2.29. The highest BCUT2D eigenvalue weighted by molar-refractivity contribution is 7.16.